The highest BCUT2D eigenvalue weighted by Gasteiger charge is 1.97. The highest BCUT2D eigenvalue weighted by atomic mass is 14.9. The molecular weight excluding hydrogens is 138 g/mol. The fraction of sp³-hybridized carbons (Fsp3) is 0.875. The molecule has 0 aliphatic rings. The molecule has 0 aromatic rings. The molecule has 1 atom stereocenters. The molecule has 0 spiro atoms. The molecule has 0 saturated carbocycles. The van der Waals surface area contributed by atoms with Crippen LogP contribution in [-0.4, -0.2) is 32.9 Å². The Hall–Kier alpha value is -0.410. The molecule has 0 amide bonds. The second-order valence-corrected chi connectivity index (χ2v) is 2.86. The fourth-order valence-corrected chi connectivity index (χ4v) is 0.860. The Bertz CT molecular complexity index is 93.3. The smallest absolute Gasteiger partial charge is 0.0419 e. The first-order chi connectivity index (χ1) is 5.31. The van der Waals surface area contributed by atoms with Gasteiger partial charge in [-0.05, 0) is 38.7 Å². The van der Waals surface area contributed by atoms with Gasteiger partial charge in [0, 0.05) is 6.54 Å². The largest absolute Gasteiger partial charge is 0.330 e. The zero-order valence-corrected chi connectivity index (χ0v) is 7.34. The molecule has 0 aliphatic carbocycles. The van der Waals surface area contributed by atoms with Gasteiger partial charge in [0.25, 0.3) is 0 Å². The molecule has 0 rings (SSSR count). The highest BCUT2D eigenvalue weighted by Crippen LogP contribution is 1.91. The summed E-state index contributed by atoms with van der Waals surface area (Å²) in [7, 11) is 0. The predicted molar refractivity (Wildman–Crippen MR) is 50.1 cm³/mol. The van der Waals surface area contributed by atoms with Crippen molar-refractivity contribution in [3.05, 3.63) is 0 Å². The lowest BCUT2D eigenvalue weighted by molar-refractivity contribution is 0.519. The molecule has 3 N–H and O–H groups in total. The van der Waals surface area contributed by atoms with Crippen molar-refractivity contribution < 1.29 is 0 Å². The van der Waals surface area contributed by atoms with Gasteiger partial charge in [-0.25, -0.2) is 0 Å². The molecule has 0 aromatic heterocycles. The first-order valence-corrected chi connectivity index (χ1v) is 4.14. The van der Waals surface area contributed by atoms with E-state index in [2.05, 4.69) is 24.0 Å². The standard InChI is InChI=1S/C8H19N3/c1-8(6-10-2)7-11-5-3-4-9/h8,11H,2-7,9H2,1H3. The second-order valence-electron chi connectivity index (χ2n) is 2.86. The lowest BCUT2D eigenvalue weighted by Gasteiger charge is -2.08. The van der Waals surface area contributed by atoms with Crippen LogP contribution < -0.4 is 11.1 Å². The van der Waals surface area contributed by atoms with E-state index < -0.39 is 0 Å². The zero-order chi connectivity index (χ0) is 8.53. The maximum Gasteiger partial charge on any atom is 0.0419 e. The molecule has 0 bridgehead atoms. The molecule has 0 radical (unpaired) electrons. The van der Waals surface area contributed by atoms with Crippen LogP contribution in [0.1, 0.15) is 13.3 Å². The SMILES string of the molecule is C=NCC(C)CNCCCN. The number of hydrogen-bond donors (Lipinski definition) is 2. The molecule has 66 valence electrons. The average Bonchev–Trinajstić information content (AvgIpc) is 1.99. The molecular formula is C8H19N3. The Kier molecular flexibility index (Phi) is 7.41. The van der Waals surface area contributed by atoms with Crippen LogP contribution in [0.25, 0.3) is 0 Å². The quantitative estimate of drug-likeness (QED) is 0.411. The van der Waals surface area contributed by atoms with Crippen LogP contribution in [-0.2, 0) is 0 Å². The van der Waals surface area contributed by atoms with Crippen LogP contribution in [0.2, 0.25) is 0 Å². The van der Waals surface area contributed by atoms with Crippen molar-refractivity contribution in [2.75, 3.05) is 26.2 Å². The Morgan fingerprint density at radius 3 is 2.91 bits per heavy atom. The third kappa shape index (κ3) is 7.49. The van der Waals surface area contributed by atoms with Crippen LogP contribution in [0.3, 0.4) is 0 Å². The number of aliphatic imine (C=N–C) groups is 1. The fourth-order valence-electron chi connectivity index (χ4n) is 0.860. The lowest BCUT2D eigenvalue weighted by Crippen LogP contribution is -2.25. The summed E-state index contributed by atoms with van der Waals surface area (Å²) in [5.41, 5.74) is 5.34. The molecule has 0 aromatic carbocycles. The van der Waals surface area contributed by atoms with Crippen LogP contribution in [0.4, 0.5) is 0 Å². The maximum atomic E-state index is 5.34. The van der Waals surface area contributed by atoms with Crippen molar-refractivity contribution >= 4 is 6.72 Å². The average molecular weight is 157 g/mol. The molecule has 0 aliphatic heterocycles. The zero-order valence-electron chi connectivity index (χ0n) is 7.34. The van der Waals surface area contributed by atoms with Crippen molar-refractivity contribution in [3.63, 3.8) is 0 Å². The number of rotatable bonds is 7. The third-order valence-electron chi connectivity index (χ3n) is 1.49. The first kappa shape index (κ1) is 10.6. The van der Waals surface area contributed by atoms with Crippen LogP contribution in [0, 0.1) is 5.92 Å². The monoisotopic (exact) mass is 157 g/mol. The molecule has 3 heteroatoms. The van der Waals surface area contributed by atoms with Gasteiger partial charge in [-0.2, -0.15) is 0 Å². The van der Waals surface area contributed by atoms with Crippen molar-refractivity contribution in [2.24, 2.45) is 16.6 Å². The molecule has 11 heavy (non-hydrogen) atoms. The van der Waals surface area contributed by atoms with Crippen LogP contribution in [0.5, 0.6) is 0 Å². The van der Waals surface area contributed by atoms with Gasteiger partial charge in [-0.1, -0.05) is 6.92 Å². The van der Waals surface area contributed by atoms with E-state index >= 15 is 0 Å². The number of nitrogens with zero attached hydrogens (tertiary/aromatic N) is 1. The summed E-state index contributed by atoms with van der Waals surface area (Å²) in [6, 6.07) is 0. The van der Waals surface area contributed by atoms with E-state index in [-0.39, 0.29) is 0 Å². The molecule has 0 saturated heterocycles. The minimum absolute atomic E-state index is 0.588. The maximum absolute atomic E-state index is 5.34. The van der Waals surface area contributed by atoms with E-state index in [9.17, 15) is 0 Å². The van der Waals surface area contributed by atoms with Gasteiger partial charge >= 0.3 is 0 Å². The molecule has 0 fully saturated rings. The Balaban J connectivity index is 3.03. The van der Waals surface area contributed by atoms with Crippen molar-refractivity contribution in [1.82, 2.24) is 5.32 Å². The summed E-state index contributed by atoms with van der Waals surface area (Å²) in [6.07, 6.45) is 1.05. The second kappa shape index (κ2) is 7.69. The van der Waals surface area contributed by atoms with Gasteiger partial charge in [0.2, 0.25) is 0 Å². The van der Waals surface area contributed by atoms with E-state index in [1.165, 1.54) is 0 Å². The van der Waals surface area contributed by atoms with Gasteiger partial charge in [-0.15, -0.1) is 0 Å². The lowest BCUT2D eigenvalue weighted by atomic mass is 10.2. The minimum Gasteiger partial charge on any atom is -0.330 e. The molecule has 0 heterocycles. The van der Waals surface area contributed by atoms with E-state index in [1.807, 2.05) is 0 Å². The van der Waals surface area contributed by atoms with E-state index in [0.717, 1.165) is 32.6 Å². The van der Waals surface area contributed by atoms with E-state index in [1.54, 1.807) is 0 Å². The first-order valence-electron chi connectivity index (χ1n) is 4.14. The Morgan fingerprint density at radius 1 is 1.64 bits per heavy atom. The number of hydrogen-bond acceptors (Lipinski definition) is 3. The summed E-state index contributed by atoms with van der Waals surface area (Å²) in [4.78, 5) is 3.82. The van der Waals surface area contributed by atoms with E-state index in [0.29, 0.717) is 5.92 Å². The summed E-state index contributed by atoms with van der Waals surface area (Å²) >= 11 is 0. The summed E-state index contributed by atoms with van der Waals surface area (Å²) < 4.78 is 0. The third-order valence-corrected chi connectivity index (χ3v) is 1.49. The topological polar surface area (TPSA) is 50.4 Å². The Labute approximate surface area is 69.1 Å². The van der Waals surface area contributed by atoms with Gasteiger partial charge in [0.05, 0.1) is 0 Å². The van der Waals surface area contributed by atoms with Crippen molar-refractivity contribution in [1.29, 1.82) is 0 Å². The molecule has 3 nitrogen and oxygen atoms in total. The van der Waals surface area contributed by atoms with Crippen LogP contribution >= 0.6 is 0 Å². The van der Waals surface area contributed by atoms with E-state index in [4.69, 9.17) is 5.73 Å². The Morgan fingerprint density at radius 2 is 2.36 bits per heavy atom. The van der Waals surface area contributed by atoms with Gasteiger partial charge in [-0.3, -0.25) is 0 Å². The molecule has 1 unspecified atom stereocenters. The number of nitrogens with one attached hydrogen (secondary N) is 1. The normalized spacial score (nSPS) is 12.9. The van der Waals surface area contributed by atoms with Crippen molar-refractivity contribution in [3.8, 4) is 0 Å². The van der Waals surface area contributed by atoms with Gasteiger partial charge in [0.15, 0.2) is 0 Å². The number of nitrogens with two attached hydrogens (primary N) is 1. The summed E-state index contributed by atoms with van der Waals surface area (Å²) in [5, 5.41) is 3.30. The predicted octanol–water partition coefficient (Wildman–Crippen LogP) is 0.262. The summed E-state index contributed by atoms with van der Waals surface area (Å²) in [5.74, 6) is 0.588. The van der Waals surface area contributed by atoms with Crippen molar-refractivity contribution in [2.45, 2.75) is 13.3 Å². The highest BCUT2D eigenvalue weighted by molar-refractivity contribution is 5.23. The minimum atomic E-state index is 0.588. The van der Waals surface area contributed by atoms with Gasteiger partial charge in [0.1, 0.15) is 0 Å². The summed E-state index contributed by atoms with van der Waals surface area (Å²) in [6.45, 7) is 9.24. The van der Waals surface area contributed by atoms with Crippen LogP contribution in [0.15, 0.2) is 4.99 Å². The van der Waals surface area contributed by atoms with Gasteiger partial charge < -0.3 is 16.0 Å².